The van der Waals surface area contributed by atoms with E-state index in [9.17, 15) is 4.21 Å². The lowest BCUT2D eigenvalue weighted by Crippen LogP contribution is -1.94. The first kappa shape index (κ1) is 17.2. The molecule has 4 aromatic carbocycles. The van der Waals surface area contributed by atoms with Crippen molar-refractivity contribution in [1.29, 1.82) is 0 Å². The molecule has 0 amide bonds. The summed E-state index contributed by atoms with van der Waals surface area (Å²) in [6.45, 7) is 0. The zero-order chi connectivity index (χ0) is 18.1. The number of fused-ring (bicyclic) bond motifs is 1. The summed E-state index contributed by atoms with van der Waals surface area (Å²) < 4.78 is 13.6. The van der Waals surface area contributed by atoms with Crippen LogP contribution in [0.15, 0.2) is 94.3 Å². The minimum absolute atomic E-state index is 0.901. The van der Waals surface area contributed by atoms with Gasteiger partial charge in [0.25, 0.3) is 0 Å². The van der Waals surface area contributed by atoms with Crippen LogP contribution in [0.5, 0.6) is 0 Å². The molecule has 0 spiro atoms. The van der Waals surface area contributed by atoms with Crippen molar-refractivity contribution in [2.24, 2.45) is 0 Å². The Labute approximate surface area is 164 Å². The molecule has 128 valence electrons. The minimum Gasteiger partial charge on any atom is -0.255 e. The molecule has 0 saturated heterocycles. The third kappa shape index (κ3) is 3.25. The Morgan fingerprint density at radius 2 is 1.46 bits per heavy atom. The molecule has 0 aliphatic heterocycles. The zero-order valence-electron chi connectivity index (χ0n) is 14.3. The van der Waals surface area contributed by atoms with Crippen LogP contribution in [0.4, 0.5) is 0 Å². The smallest absolute Gasteiger partial charge is 0.0541 e. The fourth-order valence-electron chi connectivity index (χ4n) is 3.29. The van der Waals surface area contributed by atoms with Crippen molar-refractivity contribution < 1.29 is 4.21 Å². The first-order chi connectivity index (χ1) is 12.6. The highest BCUT2D eigenvalue weighted by Gasteiger charge is 2.13. The Bertz CT molecular complexity index is 1120. The highest BCUT2D eigenvalue weighted by molar-refractivity contribution is 9.10. The highest BCUT2D eigenvalue weighted by Crippen LogP contribution is 2.34. The van der Waals surface area contributed by atoms with Gasteiger partial charge in [0, 0.05) is 10.7 Å². The van der Waals surface area contributed by atoms with Crippen molar-refractivity contribution in [3.63, 3.8) is 0 Å². The highest BCUT2D eigenvalue weighted by atomic mass is 79.9. The number of benzene rings is 4. The Morgan fingerprint density at radius 1 is 0.731 bits per heavy atom. The van der Waals surface area contributed by atoms with Gasteiger partial charge in [-0.2, -0.15) is 0 Å². The van der Waals surface area contributed by atoms with Gasteiger partial charge >= 0.3 is 0 Å². The lowest BCUT2D eigenvalue weighted by molar-refractivity contribution is 0.687. The second kappa shape index (κ2) is 7.18. The van der Waals surface area contributed by atoms with Gasteiger partial charge in [0.2, 0.25) is 0 Å². The van der Waals surface area contributed by atoms with E-state index in [-0.39, 0.29) is 0 Å². The van der Waals surface area contributed by atoms with Gasteiger partial charge in [-0.25, -0.2) is 0 Å². The molecule has 0 aliphatic rings. The molecule has 1 nitrogen and oxygen atoms in total. The van der Waals surface area contributed by atoms with Crippen LogP contribution in [-0.4, -0.2) is 10.5 Å². The Balaban J connectivity index is 1.83. The van der Waals surface area contributed by atoms with E-state index in [1.807, 2.05) is 30.3 Å². The number of halogens is 1. The summed E-state index contributed by atoms with van der Waals surface area (Å²) in [5.74, 6) is 0. The van der Waals surface area contributed by atoms with Gasteiger partial charge in [0.05, 0.1) is 15.7 Å². The molecule has 4 aromatic rings. The molecule has 1 atom stereocenters. The zero-order valence-corrected chi connectivity index (χ0v) is 16.7. The number of hydrogen-bond acceptors (Lipinski definition) is 1. The average Bonchev–Trinajstić information content (AvgIpc) is 2.67. The van der Waals surface area contributed by atoms with Crippen molar-refractivity contribution >= 4 is 37.5 Å². The topological polar surface area (TPSA) is 17.1 Å². The first-order valence-electron chi connectivity index (χ1n) is 8.35. The summed E-state index contributed by atoms with van der Waals surface area (Å²) in [6, 6.07) is 29.0. The van der Waals surface area contributed by atoms with Gasteiger partial charge in [0.15, 0.2) is 0 Å². The maximum Gasteiger partial charge on any atom is 0.0541 e. The molecule has 4 rings (SSSR count). The molecule has 0 N–H and O–H groups in total. The third-order valence-electron chi connectivity index (χ3n) is 4.52. The second-order valence-corrected chi connectivity index (χ2v) is 8.44. The van der Waals surface area contributed by atoms with Crippen molar-refractivity contribution in [2.45, 2.75) is 4.90 Å². The molecular weight excluding hydrogens is 404 g/mol. The van der Waals surface area contributed by atoms with E-state index in [0.717, 1.165) is 36.8 Å². The van der Waals surface area contributed by atoms with Gasteiger partial charge in [-0.15, -0.1) is 0 Å². The summed E-state index contributed by atoms with van der Waals surface area (Å²) >= 11 is 3.53. The van der Waals surface area contributed by atoms with Crippen LogP contribution in [-0.2, 0) is 10.8 Å². The van der Waals surface area contributed by atoms with Crippen LogP contribution < -0.4 is 0 Å². The largest absolute Gasteiger partial charge is 0.255 e. The maximum absolute atomic E-state index is 12.5. The van der Waals surface area contributed by atoms with Crippen molar-refractivity contribution in [2.75, 3.05) is 6.26 Å². The molecule has 0 aromatic heterocycles. The third-order valence-corrected chi connectivity index (χ3v) is 6.03. The molecule has 0 saturated carbocycles. The molecule has 0 radical (unpaired) electrons. The van der Waals surface area contributed by atoms with Crippen LogP contribution in [0.1, 0.15) is 0 Å². The van der Waals surface area contributed by atoms with Crippen LogP contribution >= 0.6 is 15.9 Å². The van der Waals surface area contributed by atoms with Crippen molar-refractivity contribution in [1.82, 2.24) is 0 Å². The lowest BCUT2D eigenvalue weighted by atomic mass is 9.98. The summed E-state index contributed by atoms with van der Waals surface area (Å²) in [4.78, 5) is 0.901. The molecule has 0 bridgehead atoms. The summed E-state index contributed by atoms with van der Waals surface area (Å²) in [5.41, 5.74) is 4.45. The standard InChI is InChI=1S/C23H17BrOS/c1-26(25)23-21-8-3-2-5-17(21)13-14-22(23)18-11-9-16(10-12-18)19-6-4-7-20(24)15-19/h2-15H,1H3. The monoisotopic (exact) mass is 420 g/mol. The first-order valence-corrected chi connectivity index (χ1v) is 10.7. The van der Waals surface area contributed by atoms with E-state index in [1.54, 1.807) is 6.26 Å². The quantitative estimate of drug-likeness (QED) is 0.361. The minimum atomic E-state index is -1.07. The lowest BCUT2D eigenvalue weighted by Gasteiger charge is -2.12. The van der Waals surface area contributed by atoms with Crippen LogP contribution in [0, 0.1) is 0 Å². The number of rotatable bonds is 3. The van der Waals surface area contributed by atoms with Crippen molar-refractivity contribution in [3.05, 3.63) is 89.4 Å². The van der Waals surface area contributed by atoms with Crippen LogP contribution in [0.25, 0.3) is 33.0 Å². The second-order valence-electron chi connectivity index (χ2n) is 6.21. The molecular formula is C23H17BrOS. The summed E-state index contributed by atoms with van der Waals surface area (Å²) in [5, 5.41) is 2.18. The summed E-state index contributed by atoms with van der Waals surface area (Å²) in [6.07, 6.45) is 1.75. The maximum atomic E-state index is 12.5. The fraction of sp³-hybridized carbons (Fsp3) is 0.0435. The van der Waals surface area contributed by atoms with Crippen LogP contribution in [0.2, 0.25) is 0 Å². The average molecular weight is 421 g/mol. The molecule has 3 heteroatoms. The summed E-state index contributed by atoms with van der Waals surface area (Å²) in [7, 11) is -1.07. The van der Waals surface area contributed by atoms with Crippen LogP contribution in [0.3, 0.4) is 0 Å². The Hall–Kier alpha value is -2.23. The van der Waals surface area contributed by atoms with E-state index >= 15 is 0 Å². The van der Waals surface area contributed by atoms with Gasteiger partial charge < -0.3 is 0 Å². The fourth-order valence-corrected chi connectivity index (χ4v) is 4.68. The molecule has 0 heterocycles. The molecule has 1 unspecified atom stereocenters. The molecule has 0 aliphatic carbocycles. The van der Waals surface area contributed by atoms with E-state index in [2.05, 4.69) is 70.5 Å². The SMILES string of the molecule is CS(=O)c1c(-c2ccc(-c3cccc(Br)c3)cc2)ccc2ccccc12. The van der Waals surface area contributed by atoms with E-state index in [1.165, 1.54) is 5.56 Å². The predicted octanol–water partition coefficient (Wildman–Crippen LogP) is 6.67. The van der Waals surface area contributed by atoms with E-state index < -0.39 is 10.8 Å². The van der Waals surface area contributed by atoms with Gasteiger partial charge in [-0.05, 0) is 45.2 Å². The molecule has 0 fully saturated rings. The van der Waals surface area contributed by atoms with E-state index in [0.29, 0.717) is 0 Å². The Kier molecular flexibility index (Phi) is 4.75. The van der Waals surface area contributed by atoms with Gasteiger partial charge in [-0.3, -0.25) is 4.21 Å². The Morgan fingerprint density at radius 3 is 2.19 bits per heavy atom. The van der Waals surface area contributed by atoms with E-state index in [4.69, 9.17) is 0 Å². The normalized spacial score (nSPS) is 12.2. The van der Waals surface area contributed by atoms with Crippen molar-refractivity contribution in [3.8, 4) is 22.3 Å². The van der Waals surface area contributed by atoms with Gasteiger partial charge in [0.1, 0.15) is 0 Å². The van der Waals surface area contributed by atoms with Gasteiger partial charge in [-0.1, -0.05) is 88.7 Å². The predicted molar refractivity (Wildman–Crippen MR) is 115 cm³/mol. The number of hydrogen-bond donors (Lipinski definition) is 0. The molecule has 26 heavy (non-hydrogen) atoms.